The number of carbonyl (C=O) groups is 1. The number of nitrogens with one attached hydrogen (secondary N) is 1. The van der Waals surface area contributed by atoms with Crippen molar-refractivity contribution in [3.05, 3.63) is 65.7 Å². The zero-order valence-corrected chi connectivity index (χ0v) is 18.4. The molecule has 0 unspecified atom stereocenters. The Bertz CT molecular complexity index is 991. The highest BCUT2D eigenvalue weighted by Gasteiger charge is 2.49. The molecule has 32 heavy (non-hydrogen) atoms. The molecule has 166 valence electrons. The number of benzene rings is 2. The Morgan fingerprint density at radius 3 is 2.50 bits per heavy atom. The van der Waals surface area contributed by atoms with E-state index < -0.39 is 0 Å². The molecule has 5 nitrogen and oxygen atoms in total. The van der Waals surface area contributed by atoms with E-state index in [-0.39, 0.29) is 30.6 Å². The summed E-state index contributed by atoms with van der Waals surface area (Å²) in [6.45, 7) is 2.55. The van der Waals surface area contributed by atoms with Crippen LogP contribution in [0.5, 0.6) is 0 Å². The van der Waals surface area contributed by atoms with Gasteiger partial charge in [0, 0.05) is 48.3 Å². The van der Waals surface area contributed by atoms with E-state index in [1.54, 1.807) is 0 Å². The van der Waals surface area contributed by atoms with Crippen molar-refractivity contribution in [3.63, 3.8) is 0 Å². The van der Waals surface area contributed by atoms with Gasteiger partial charge >= 0.3 is 6.03 Å². The molecule has 2 aliphatic heterocycles. The molecular weight excluding hydrogens is 398 g/mol. The van der Waals surface area contributed by atoms with Crippen LogP contribution in [0.2, 0.25) is 0 Å². The minimum absolute atomic E-state index is 0.0463. The van der Waals surface area contributed by atoms with Crippen molar-refractivity contribution in [2.75, 3.05) is 31.6 Å². The van der Waals surface area contributed by atoms with Gasteiger partial charge in [-0.25, -0.2) is 4.79 Å². The lowest BCUT2D eigenvalue weighted by Gasteiger charge is -2.57. The molecule has 2 amide bonds. The molecule has 3 atom stereocenters. The molecular formula is C27H31N3O2. The number of aliphatic hydroxyl groups is 1. The Morgan fingerprint density at radius 1 is 1.03 bits per heavy atom. The van der Waals surface area contributed by atoms with Gasteiger partial charge < -0.3 is 15.3 Å². The monoisotopic (exact) mass is 429 g/mol. The number of carbonyl (C=O) groups excluding carboxylic acids is 1. The average molecular weight is 430 g/mol. The maximum absolute atomic E-state index is 13.0. The van der Waals surface area contributed by atoms with Crippen LogP contribution in [0, 0.1) is 17.8 Å². The second-order valence-corrected chi connectivity index (χ2v) is 9.20. The fourth-order valence-corrected chi connectivity index (χ4v) is 5.05. The summed E-state index contributed by atoms with van der Waals surface area (Å²) in [6.07, 6.45) is 4.47. The van der Waals surface area contributed by atoms with Crippen LogP contribution in [0.15, 0.2) is 54.6 Å². The van der Waals surface area contributed by atoms with Crippen molar-refractivity contribution >= 4 is 11.7 Å². The minimum Gasteiger partial charge on any atom is -0.395 e. The van der Waals surface area contributed by atoms with Crippen molar-refractivity contribution in [1.29, 1.82) is 0 Å². The highest BCUT2D eigenvalue weighted by molar-refractivity contribution is 5.89. The Morgan fingerprint density at radius 2 is 1.78 bits per heavy atom. The molecule has 0 spiro atoms. The standard InChI is InChI=1S/C27H31N3O2/c31-19-25-26(22-14-12-21(13-15-22)11-10-20-8-9-20)24-18-29(16-4-5-17-30(24)25)27(32)28-23-6-2-1-3-7-23/h1-3,6-7,12-15,20,24-26,31H,4-5,8-9,16-19H2,(H,28,32)/t24-,25+,26+/m0/s1. The molecule has 1 saturated carbocycles. The SMILES string of the molecule is O=C(Nc1ccccc1)N1CCCCN2[C@H](CO)[C@H](c3ccc(C#CC4CC4)cc3)[C@@H]2C1. The van der Waals surface area contributed by atoms with E-state index in [0.29, 0.717) is 12.5 Å². The Kier molecular flexibility index (Phi) is 6.16. The third kappa shape index (κ3) is 4.53. The van der Waals surface area contributed by atoms with Gasteiger partial charge in [0.25, 0.3) is 0 Å². The summed E-state index contributed by atoms with van der Waals surface area (Å²) in [6, 6.07) is 18.4. The lowest BCUT2D eigenvalue weighted by atomic mass is 9.74. The lowest BCUT2D eigenvalue weighted by molar-refractivity contribution is -0.0585. The average Bonchev–Trinajstić information content (AvgIpc) is 3.63. The number of fused-ring (bicyclic) bond motifs is 1. The molecule has 2 heterocycles. The third-order valence-electron chi connectivity index (χ3n) is 6.98. The molecule has 2 aromatic rings. The lowest BCUT2D eigenvalue weighted by Crippen LogP contribution is -2.68. The van der Waals surface area contributed by atoms with Crippen molar-refractivity contribution in [2.45, 2.75) is 43.7 Å². The second-order valence-electron chi connectivity index (χ2n) is 9.20. The number of anilines is 1. The number of nitrogens with zero attached hydrogens (tertiary/aromatic N) is 2. The zero-order valence-electron chi connectivity index (χ0n) is 18.4. The summed E-state index contributed by atoms with van der Waals surface area (Å²) in [4.78, 5) is 17.4. The number of amides is 2. The molecule has 1 aliphatic carbocycles. The summed E-state index contributed by atoms with van der Waals surface area (Å²) in [5.74, 6) is 7.41. The minimum atomic E-state index is -0.0463. The van der Waals surface area contributed by atoms with Crippen molar-refractivity contribution in [3.8, 4) is 11.8 Å². The largest absolute Gasteiger partial charge is 0.395 e. The molecule has 2 saturated heterocycles. The Balaban J connectivity index is 1.32. The fraction of sp³-hybridized carbons (Fsp3) is 0.444. The van der Waals surface area contributed by atoms with E-state index in [2.05, 4.69) is 46.3 Å². The van der Waals surface area contributed by atoms with E-state index >= 15 is 0 Å². The van der Waals surface area contributed by atoms with Gasteiger partial charge in [-0.1, -0.05) is 42.2 Å². The number of urea groups is 1. The summed E-state index contributed by atoms with van der Waals surface area (Å²) in [5.41, 5.74) is 3.10. The number of hydrogen-bond acceptors (Lipinski definition) is 3. The van der Waals surface area contributed by atoms with Gasteiger partial charge in [0.15, 0.2) is 0 Å². The highest BCUT2D eigenvalue weighted by Crippen LogP contribution is 2.42. The summed E-state index contributed by atoms with van der Waals surface area (Å²) >= 11 is 0. The first-order valence-electron chi connectivity index (χ1n) is 11.8. The van der Waals surface area contributed by atoms with Gasteiger partial charge in [-0.3, -0.25) is 4.90 Å². The number of aliphatic hydroxyl groups excluding tert-OH is 1. The first kappa shape index (κ1) is 21.1. The molecule has 0 aromatic heterocycles. The Hall–Kier alpha value is -2.81. The highest BCUT2D eigenvalue weighted by atomic mass is 16.3. The summed E-state index contributed by atoms with van der Waals surface area (Å²) in [5, 5.41) is 13.2. The number of hydrogen-bond donors (Lipinski definition) is 2. The van der Waals surface area contributed by atoms with Crippen molar-refractivity contribution < 1.29 is 9.90 Å². The molecule has 5 heteroatoms. The van der Waals surface area contributed by atoms with Crippen LogP contribution in [0.1, 0.15) is 42.7 Å². The van der Waals surface area contributed by atoms with Crippen molar-refractivity contribution in [1.82, 2.24) is 9.80 Å². The van der Waals surface area contributed by atoms with Gasteiger partial charge in [-0.15, -0.1) is 0 Å². The van der Waals surface area contributed by atoms with E-state index in [4.69, 9.17) is 0 Å². The first-order chi connectivity index (χ1) is 15.7. The third-order valence-corrected chi connectivity index (χ3v) is 6.98. The van der Waals surface area contributed by atoms with Crippen LogP contribution in [-0.4, -0.2) is 59.3 Å². The quantitative estimate of drug-likeness (QED) is 0.728. The van der Waals surface area contributed by atoms with Crippen LogP contribution >= 0.6 is 0 Å². The van der Waals surface area contributed by atoms with Crippen LogP contribution in [0.25, 0.3) is 0 Å². The van der Waals surface area contributed by atoms with E-state index in [9.17, 15) is 9.90 Å². The first-order valence-corrected chi connectivity index (χ1v) is 11.8. The topological polar surface area (TPSA) is 55.8 Å². The van der Waals surface area contributed by atoms with Gasteiger partial charge in [-0.2, -0.15) is 0 Å². The second kappa shape index (κ2) is 9.36. The van der Waals surface area contributed by atoms with Gasteiger partial charge in [0.1, 0.15) is 0 Å². The van der Waals surface area contributed by atoms with E-state index in [1.807, 2.05) is 35.2 Å². The van der Waals surface area contributed by atoms with Crippen LogP contribution in [-0.2, 0) is 0 Å². The van der Waals surface area contributed by atoms with Crippen molar-refractivity contribution in [2.24, 2.45) is 5.92 Å². The van der Waals surface area contributed by atoms with E-state index in [1.165, 1.54) is 18.4 Å². The van der Waals surface area contributed by atoms with Gasteiger partial charge in [0.2, 0.25) is 0 Å². The molecule has 2 N–H and O–H groups in total. The maximum Gasteiger partial charge on any atom is 0.321 e. The maximum atomic E-state index is 13.0. The van der Waals surface area contributed by atoms with Gasteiger partial charge in [-0.05, 0) is 62.1 Å². The predicted molar refractivity (Wildman–Crippen MR) is 126 cm³/mol. The fourth-order valence-electron chi connectivity index (χ4n) is 5.05. The molecule has 0 radical (unpaired) electrons. The molecule has 3 aliphatic rings. The zero-order chi connectivity index (χ0) is 21.9. The number of para-hydroxylation sites is 1. The van der Waals surface area contributed by atoms with Crippen LogP contribution < -0.4 is 5.32 Å². The molecule has 0 bridgehead atoms. The predicted octanol–water partition coefficient (Wildman–Crippen LogP) is 3.90. The normalized spacial score (nSPS) is 25.4. The summed E-state index contributed by atoms with van der Waals surface area (Å²) in [7, 11) is 0. The number of rotatable bonds is 3. The molecule has 5 rings (SSSR count). The molecule has 3 fully saturated rings. The van der Waals surface area contributed by atoms with Crippen LogP contribution in [0.4, 0.5) is 10.5 Å². The smallest absolute Gasteiger partial charge is 0.321 e. The van der Waals surface area contributed by atoms with Crippen LogP contribution in [0.3, 0.4) is 0 Å². The molecule has 2 aromatic carbocycles. The van der Waals surface area contributed by atoms with E-state index in [0.717, 1.165) is 37.2 Å². The van der Waals surface area contributed by atoms with Gasteiger partial charge in [0.05, 0.1) is 6.61 Å². The Labute approximate surface area is 190 Å². The summed E-state index contributed by atoms with van der Waals surface area (Å²) < 4.78 is 0.